The van der Waals surface area contributed by atoms with Crippen LogP contribution in [0.4, 0.5) is 5.95 Å². The Hall–Kier alpha value is -2.09. The minimum atomic E-state index is -0.0727. The quantitative estimate of drug-likeness (QED) is 0.606. The van der Waals surface area contributed by atoms with E-state index in [0.717, 1.165) is 66.9 Å². The molecule has 1 aliphatic carbocycles. The van der Waals surface area contributed by atoms with Crippen LogP contribution in [-0.2, 0) is 19.9 Å². The van der Waals surface area contributed by atoms with Gasteiger partial charge in [0.2, 0.25) is 5.95 Å². The number of fused-ring (bicyclic) bond motifs is 1. The van der Waals surface area contributed by atoms with Gasteiger partial charge < -0.3 is 14.8 Å². The number of hydrogen-bond acceptors (Lipinski definition) is 6. The molecular weight excluding hydrogens is 360 g/mol. The molecule has 1 saturated heterocycles. The fourth-order valence-electron chi connectivity index (χ4n) is 3.71. The highest BCUT2D eigenvalue weighted by molar-refractivity contribution is 7.99. The van der Waals surface area contributed by atoms with E-state index in [1.165, 1.54) is 12.8 Å². The van der Waals surface area contributed by atoms with Gasteiger partial charge in [0.1, 0.15) is 5.69 Å². The third-order valence-electron chi connectivity index (χ3n) is 5.17. The topological polar surface area (TPSA) is 75.9 Å². The SMILES string of the molecule is Cn1ccnc1SCCNC(=O)c1nc(N2CCCC2)nc2c1CCCC2. The highest BCUT2D eigenvalue weighted by Gasteiger charge is 2.25. The van der Waals surface area contributed by atoms with Gasteiger partial charge in [-0.05, 0) is 38.5 Å². The molecule has 0 unspecified atom stereocenters. The summed E-state index contributed by atoms with van der Waals surface area (Å²) in [5.41, 5.74) is 2.72. The van der Waals surface area contributed by atoms with Crippen LogP contribution >= 0.6 is 11.8 Å². The Morgan fingerprint density at radius 2 is 2.00 bits per heavy atom. The molecule has 0 saturated carbocycles. The Bertz CT molecular complexity index is 815. The van der Waals surface area contributed by atoms with Gasteiger partial charge in [-0.25, -0.2) is 15.0 Å². The normalized spacial score (nSPS) is 16.4. The van der Waals surface area contributed by atoms with Crippen molar-refractivity contribution in [2.24, 2.45) is 7.05 Å². The van der Waals surface area contributed by atoms with Crippen molar-refractivity contribution < 1.29 is 4.79 Å². The minimum absolute atomic E-state index is 0.0727. The molecule has 2 aromatic rings. The van der Waals surface area contributed by atoms with Gasteiger partial charge in [-0.3, -0.25) is 4.79 Å². The van der Waals surface area contributed by atoms with Crippen LogP contribution in [0.1, 0.15) is 47.4 Å². The summed E-state index contributed by atoms with van der Waals surface area (Å²) in [5, 5.41) is 4.00. The molecule has 1 amide bonds. The van der Waals surface area contributed by atoms with Crippen molar-refractivity contribution in [3.8, 4) is 0 Å². The molecule has 1 aliphatic heterocycles. The number of thioether (sulfide) groups is 1. The molecule has 0 radical (unpaired) electrons. The van der Waals surface area contributed by atoms with Crippen molar-refractivity contribution in [3.63, 3.8) is 0 Å². The molecule has 27 heavy (non-hydrogen) atoms. The lowest BCUT2D eigenvalue weighted by molar-refractivity contribution is 0.0949. The maximum absolute atomic E-state index is 12.9. The largest absolute Gasteiger partial charge is 0.350 e. The smallest absolute Gasteiger partial charge is 0.270 e. The summed E-state index contributed by atoms with van der Waals surface area (Å²) in [6.45, 7) is 2.56. The van der Waals surface area contributed by atoms with E-state index in [2.05, 4.69) is 15.2 Å². The van der Waals surface area contributed by atoms with Crippen molar-refractivity contribution in [2.45, 2.75) is 43.7 Å². The van der Waals surface area contributed by atoms with E-state index in [-0.39, 0.29) is 5.91 Å². The van der Waals surface area contributed by atoms with E-state index in [0.29, 0.717) is 12.2 Å². The van der Waals surface area contributed by atoms with Gasteiger partial charge in [-0.1, -0.05) is 11.8 Å². The average molecular weight is 387 g/mol. The Labute approximate surface area is 164 Å². The highest BCUT2D eigenvalue weighted by Crippen LogP contribution is 2.26. The lowest BCUT2D eigenvalue weighted by Gasteiger charge is -2.22. The lowest BCUT2D eigenvalue weighted by atomic mass is 9.94. The number of carbonyl (C=O) groups is 1. The highest BCUT2D eigenvalue weighted by atomic mass is 32.2. The Morgan fingerprint density at radius 3 is 2.78 bits per heavy atom. The van der Waals surface area contributed by atoms with Crippen LogP contribution in [0.2, 0.25) is 0 Å². The maximum atomic E-state index is 12.9. The molecular formula is C19H26N6OS. The van der Waals surface area contributed by atoms with Gasteiger partial charge in [0.15, 0.2) is 5.16 Å². The molecule has 2 aliphatic rings. The number of nitrogens with zero attached hydrogens (tertiary/aromatic N) is 5. The molecule has 0 bridgehead atoms. The zero-order valence-corrected chi connectivity index (χ0v) is 16.6. The summed E-state index contributed by atoms with van der Waals surface area (Å²) in [6, 6.07) is 0. The lowest BCUT2D eigenvalue weighted by Crippen LogP contribution is -2.31. The molecule has 2 aromatic heterocycles. The van der Waals surface area contributed by atoms with E-state index in [1.807, 2.05) is 17.8 Å². The van der Waals surface area contributed by atoms with E-state index in [9.17, 15) is 4.79 Å². The molecule has 0 spiro atoms. The van der Waals surface area contributed by atoms with Crippen LogP contribution in [-0.4, -0.2) is 50.8 Å². The zero-order chi connectivity index (χ0) is 18.6. The second-order valence-electron chi connectivity index (χ2n) is 7.12. The van der Waals surface area contributed by atoms with Gasteiger partial charge in [0.05, 0.1) is 0 Å². The molecule has 0 aromatic carbocycles. The van der Waals surface area contributed by atoms with Crippen molar-refractivity contribution in [2.75, 3.05) is 30.3 Å². The van der Waals surface area contributed by atoms with E-state index < -0.39 is 0 Å². The summed E-state index contributed by atoms with van der Waals surface area (Å²) in [7, 11) is 1.97. The first-order valence-corrected chi connectivity index (χ1v) is 10.7. The molecule has 1 N–H and O–H groups in total. The van der Waals surface area contributed by atoms with Crippen LogP contribution in [0, 0.1) is 0 Å². The first-order valence-electron chi connectivity index (χ1n) is 9.75. The summed E-state index contributed by atoms with van der Waals surface area (Å²) in [4.78, 5) is 28.9. The summed E-state index contributed by atoms with van der Waals surface area (Å²) in [6.07, 6.45) is 10.2. The van der Waals surface area contributed by atoms with Crippen LogP contribution < -0.4 is 10.2 Å². The van der Waals surface area contributed by atoms with Crippen LogP contribution in [0.5, 0.6) is 0 Å². The molecule has 4 rings (SSSR count). The van der Waals surface area contributed by atoms with Gasteiger partial charge in [-0.15, -0.1) is 0 Å². The van der Waals surface area contributed by atoms with Gasteiger partial charge in [0, 0.05) is 56.1 Å². The first kappa shape index (κ1) is 18.3. The third kappa shape index (κ3) is 4.10. The second kappa shape index (κ2) is 8.29. The maximum Gasteiger partial charge on any atom is 0.270 e. The standard InChI is InChI=1S/C19H26N6OS/c1-24-12-8-21-19(24)27-13-9-20-17(26)16-14-6-2-3-7-15(14)22-18(23-16)25-10-4-5-11-25/h8,12H,2-7,9-11,13H2,1H3,(H,20,26). The predicted octanol–water partition coefficient (Wildman–Crippen LogP) is 2.21. The van der Waals surface area contributed by atoms with Crippen LogP contribution in [0.3, 0.4) is 0 Å². The molecule has 144 valence electrons. The van der Waals surface area contributed by atoms with Crippen molar-refractivity contribution in [1.29, 1.82) is 0 Å². The van der Waals surface area contributed by atoms with Gasteiger partial charge in [0.25, 0.3) is 5.91 Å². The number of nitrogens with one attached hydrogen (secondary N) is 1. The van der Waals surface area contributed by atoms with Crippen molar-refractivity contribution >= 4 is 23.6 Å². The molecule has 3 heterocycles. The summed E-state index contributed by atoms with van der Waals surface area (Å²) < 4.78 is 1.98. The van der Waals surface area contributed by atoms with Gasteiger partial charge >= 0.3 is 0 Å². The second-order valence-corrected chi connectivity index (χ2v) is 8.19. The zero-order valence-electron chi connectivity index (χ0n) is 15.8. The number of imidazole rings is 1. The fourth-order valence-corrected chi connectivity index (χ4v) is 4.50. The Morgan fingerprint density at radius 1 is 1.19 bits per heavy atom. The van der Waals surface area contributed by atoms with E-state index >= 15 is 0 Å². The number of rotatable bonds is 6. The van der Waals surface area contributed by atoms with Crippen LogP contribution in [0.15, 0.2) is 17.6 Å². The van der Waals surface area contributed by atoms with Crippen LogP contribution in [0.25, 0.3) is 0 Å². The van der Waals surface area contributed by atoms with E-state index in [4.69, 9.17) is 9.97 Å². The predicted molar refractivity (Wildman–Crippen MR) is 106 cm³/mol. The number of aromatic nitrogens is 4. The van der Waals surface area contributed by atoms with E-state index in [1.54, 1.807) is 18.0 Å². The fraction of sp³-hybridized carbons (Fsp3) is 0.579. The average Bonchev–Trinajstić information content (AvgIpc) is 3.36. The van der Waals surface area contributed by atoms with Crippen molar-refractivity contribution in [3.05, 3.63) is 29.3 Å². The Balaban J connectivity index is 1.45. The monoisotopic (exact) mass is 386 g/mol. The number of hydrogen-bond donors (Lipinski definition) is 1. The molecule has 8 heteroatoms. The number of aryl methyl sites for hydroxylation is 2. The first-order chi connectivity index (χ1) is 13.2. The molecule has 0 atom stereocenters. The van der Waals surface area contributed by atoms with Crippen molar-refractivity contribution in [1.82, 2.24) is 24.8 Å². The van der Waals surface area contributed by atoms with Gasteiger partial charge in [-0.2, -0.15) is 0 Å². The molecule has 7 nitrogen and oxygen atoms in total. The number of anilines is 1. The Kier molecular flexibility index (Phi) is 5.61. The minimum Gasteiger partial charge on any atom is -0.350 e. The summed E-state index contributed by atoms with van der Waals surface area (Å²) >= 11 is 1.64. The number of carbonyl (C=O) groups excluding carboxylic acids is 1. The molecule has 1 fully saturated rings. The summed E-state index contributed by atoms with van der Waals surface area (Å²) in [5.74, 6) is 1.44. The third-order valence-corrected chi connectivity index (χ3v) is 6.23. The number of amides is 1.